The summed E-state index contributed by atoms with van der Waals surface area (Å²) in [5, 5.41) is 4.67. The van der Waals surface area contributed by atoms with E-state index < -0.39 is 0 Å². The molecule has 2 heterocycles. The number of halogens is 1. The van der Waals surface area contributed by atoms with Crippen LogP contribution in [0.1, 0.15) is 5.82 Å². The molecule has 2 aromatic rings. The van der Waals surface area contributed by atoms with Crippen molar-refractivity contribution in [2.75, 3.05) is 5.73 Å². The van der Waals surface area contributed by atoms with Crippen LogP contribution in [0.2, 0.25) is 5.15 Å². The largest absolute Gasteiger partial charge is 0.396 e. The topological polar surface area (TPSA) is 61.7 Å². The van der Waals surface area contributed by atoms with E-state index in [0.29, 0.717) is 17.4 Å². The molecule has 2 N–H and O–H groups in total. The maximum Gasteiger partial charge on any atom is 0.131 e. The van der Waals surface area contributed by atoms with Crippen LogP contribution in [0.15, 0.2) is 18.6 Å². The Hall–Kier alpha value is -1.49. The molecule has 2 aromatic heterocycles. The monoisotopic (exact) mass is 211 g/mol. The van der Waals surface area contributed by atoms with Gasteiger partial charge in [-0.1, -0.05) is 11.6 Å². The molecule has 0 aliphatic carbocycles. The number of nitrogens with zero attached hydrogens (tertiary/aromatic N) is 4. The lowest BCUT2D eigenvalue weighted by Crippen LogP contribution is -2.06. The molecule has 0 saturated heterocycles. The maximum atomic E-state index is 5.85. The molecule has 0 unspecified atom stereocenters. The van der Waals surface area contributed by atoms with Gasteiger partial charge in [0.05, 0.1) is 24.6 Å². The number of rotatable bonds is 2. The second-order valence-corrected chi connectivity index (χ2v) is 3.41. The Morgan fingerprint density at radius 2 is 2.29 bits per heavy atom. The van der Waals surface area contributed by atoms with E-state index >= 15 is 0 Å². The number of nitrogens with two attached hydrogens (primary N) is 1. The van der Waals surface area contributed by atoms with Gasteiger partial charge in [-0.15, -0.1) is 0 Å². The molecule has 0 fully saturated rings. The molecule has 14 heavy (non-hydrogen) atoms. The second kappa shape index (κ2) is 3.34. The summed E-state index contributed by atoms with van der Waals surface area (Å²) >= 11 is 5.85. The lowest BCUT2D eigenvalue weighted by molar-refractivity contribution is 0.632. The van der Waals surface area contributed by atoms with Crippen molar-refractivity contribution in [1.29, 1.82) is 0 Å². The number of imidazole rings is 1. The first-order chi connectivity index (χ1) is 6.66. The molecular formula is C8H10ClN5. The minimum absolute atomic E-state index is 0.570. The minimum Gasteiger partial charge on any atom is -0.396 e. The first kappa shape index (κ1) is 9.08. The summed E-state index contributed by atoms with van der Waals surface area (Å²) in [6.45, 7) is 0.570. The fraction of sp³-hybridized carbons (Fsp3) is 0.250. The summed E-state index contributed by atoms with van der Waals surface area (Å²) in [5.41, 5.74) is 6.18. The lowest BCUT2D eigenvalue weighted by atomic mass is 10.5. The van der Waals surface area contributed by atoms with E-state index in [1.807, 2.05) is 7.05 Å². The maximum absolute atomic E-state index is 5.85. The van der Waals surface area contributed by atoms with Gasteiger partial charge in [-0.2, -0.15) is 5.10 Å². The minimum atomic E-state index is 0.570. The van der Waals surface area contributed by atoms with Crippen LogP contribution in [-0.2, 0) is 13.6 Å². The van der Waals surface area contributed by atoms with Crippen LogP contribution in [0.5, 0.6) is 0 Å². The molecule has 0 saturated carbocycles. The van der Waals surface area contributed by atoms with E-state index in [4.69, 9.17) is 17.3 Å². The van der Waals surface area contributed by atoms with Crippen molar-refractivity contribution in [1.82, 2.24) is 19.3 Å². The van der Waals surface area contributed by atoms with E-state index in [-0.39, 0.29) is 0 Å². The number of nitrogen functional groups attached to an aromatic ring is 1. The fourth-order valence-corrected chi connectivity index (χ4v) is 1.33. The van der Waals surface area contributed by atoms with Gasteiger partial charge in [0, 0.05) is 13.2 Å². The summed E-state index contributed by atoms with van der Waals surface area (Å²) in [4.78, 5) is 4.15. The van der Waals surface area contributed by atoms with Gasteiger partial charge in [0.15, 0.2) is 0 Å². The van der Waals surface area contributed by atoms with Crippen molar-refractivity contribution in [2.24, 2.45) is 7.05 Å². The van der Waals surface area contributed by atoms with Gasteiger partial charge in [0.25, 0.3) is 0 Å². The van der Waals surface area contributed by atoms with E-state index in [1.54, 1.807) is 27.8 Å². The standard InChI is InChI=1S/C8H10ClN5/c1-13-7(9)3-11-8(13)5-14-4-6(10)2-12-14/h2-4H,5,10H2,1H3. The zero-order valence-electron chi connectivity index (χ0n) is 7.68. The van der Waals surface area contributed by atoms with Gasteiger partial charge in [-0.05, 0) is 0 Å². The molecule has 0 spiro atoms. The van der Waals surface area contributed by atoms with Crippen molar-refractivity contribution in [3.05, 3.63) is 29.6 Å². The molecule has 0 aromatic carbocycles. The van der Waals surface area contributed by atoms with Crippen molar-refractivity contribution in [3.8, 4) is 0 Å². The summed E-state index contributed by atoms with van der Waals surface area (Å²) in [5.74, 6) is 0.845. The Balaban J connectivity index is 2.22. The lowest BCUT2D eigenvalue weighted by Gasteiger charge is -2.01. The highest BCUT2D eigenvalue weighted by Gasteiger charge is 2.05. The third kappa shape index (κ3) is 1.58. The molecule has 0 bridgehead atoms. The Labute approximate surface area is 86.1 Å². The molecule has 74 valence electrons. The summed E-state index contributed by atoms with van der Waals surface area (Å²) < 4.78 is 3.52. The molecule has 5 nitrogen and oxygen atoms in total. The molecule has 2 rings (SSSR count). The fourth-order valence-electron chi connectivity index (χ4n) is 1.18. The first-order valence-corrected chi connectivity index (χ1v) is 4.48. The van der Waals surface area contributed by atoms with Crippen molar-refractivity contribution in [2.45, 2.75) is 6.54 Å². The number of anilines is 1. The van der Waals surface area contributed by atoms with Gasteiger partial charge in [-0.25, -0.2) is 4.98 Å². The van der Waals surface area contributed by atoms with Crippen molar-refractivity contribution in [3.63, 3.8) is 0 Å². The second-order valence-electron chi connectivity index (χ2n) is 3.03. The Kier molecular flexibility index (Phi) is 2.17. The van der Waals surface area contributed by atoms with Crippen molar-refractivity contribution >= 4 is 17.3 Å². The predicted octanol–water partition coefficient (Wildman–Crippen LogP) is 0.900. The van der Waals surface area contributed by atoms with Crippen LogP contribution >= 0.6 is 11.6 Å². The zero-order chi connectivity index (χ0) is 10.1. The van der Waals surface area contributed by atoms with E-state index in [9.17, 15) is 0 Å². The van der Waals surface area contributed by atoms with Crippen LogP contribution < -0.4 is 5.73 Å². The van der Waals surface area contributed by atoms with Gasteiger partial charge in [0.1, 0.15) is 11.0 Å². The summed E-state index contributed by atoms with van der Waals surface area (Å²) in [7, 11) is 1.86. The molecule has 0 amide bonds. The zero-order valence-corrected chi connectivity index (χ0v) is 8.44. The number of hydrogen-bond acceptors (Lipinski definition) is 3. The van der Waals surface area contributed by atoms with Gasteiger partial charge >= 0.3 is 0 Å². The predicted molar refractivity (Wildman–Crippen MR) is 54.0 cm³/mol. The Morgan fingerprint density at radius 1 is 1.50 bits per heavy atom. The molecule has 6 heteroatoms. The van der Waals surface area contributed by atoms with E-state index in [1.165, 1.54) is 0 Å². The molecular weight excluding hydrogens is 202 g/mol. The van der Waals surface area contributed by atoms with Crippen LogP contribution in [0.25, 0.3) is 0 Å². The van der Waals surface area contributed by atoms with Crippen LogP contribution in [0.3, 0.4) is 0 Å². The Morgan fingerprint density at radius 3 is 2.79 bits per heavy atom. The molecule has 0 radical (unpaired) electrons. The molecule has 0 aliphatic heterocycles. The number of hydrogen-bond donors (Lipinski definition) is 1. The quantitative estimate of drug-likeness (QED) is 0.803. The highest BCUT2D eigenvalue weighted by atomic mass is 35.5. The van der Waals surface area contributed by atoms with Crippen LogP contribution in [0.4, 0.5) is 5.69 Å². The van der Waals surface area contributed by atoms with Gasteiger partial charge in [-0.3, -0.25) is 4.68 Å². The SMILES string of the molecule is Cn1c(Cl)cnc1Cn1cc(N)cn1. The van der Waals surface area contributed by atoms with Gasteiger partial charge < -0.3 is 10.3 Å². The van der Waals surface area contributed by atoms with Crippen LogP contribution in [0, 0.1) is 0 Å². The number of aromatic nitrogens is 4. The van der Waals surface area contributed by atoms with Gasteiger partial charge in [0.2, 0.25) is 0 Å². The average molecular weight is 212 g/mol. The molecule has 0 aliphatic rings. The van der Waals surface area contributed by atoms with E-state index in [2.05, 4.69) is 10.1 Å². The first-order valence-electron chi connectivity index (χ1n) is 4.11. The summed E-state index contributed by atoms with van der Waals surface area (Å²) in [6.07, 6.45) is 4.97. The highest BCUT2D eigenvalue weighted by molar-refractivity contribution is 6.29. The third-order valence-corrected chi connectivity index (χ3v) is 2.34. The third-order valence-electron chi connectivity index (χ3n) is 1.98. The Bertz CT molecular complexity index is 444. The van der Waals surface area contributed by atoms with Crippen LogP contribution in [-0.4, -0.2) is 19.3 Å². The van der Waals surface area contributed by atoms with Crippen molar-refractivity contribution < 1.29 is 0 Å². The highest BCUT2D eigenvalue weighted by Crippen LogP contribution is 2.10. The average Bonchev–Trinajstić information content (AvgIpc) is 2.67. The molecule has 0 atom stereocenters. The summed E-state index contributed by atoms with van der Waals surface area (Å²) in [6, 6.07) is 0. The normalized spacial score (nSPS) is 10.7. The smallest absolute Gasteiger partial charge is 0.131 e. The van der Waals surface area contributed by atoms with E-state index in [0.717, 1.165) is 5.82 Å².